The van der Waals surface area contributed by atoms with E-state index < -0.39 is 24.3 Å². The summed E-state index contributed by atoms with van der Waals surface area (Å²) in [6, 6.07) is 7.81. The van der Waals surface area contributed by atoms with Crippen LogP contribution < -0.4 is 10.2 Å². The third kappa shape index (κ3) is 6.01. The molecule has 0 spiro atoms. The molecule has 1 saturated heterocycles. The number of benzene rings is 1. The fourth-order valence-corrected chi connectivity index (χ4v) is 3.20. The van der Waals surface area contributed by atoms with Crippen molar-refractivity contribution in [2.75, 3.05) is 56.7 Å². The van der Waals surface area contributed by atoms with Gasteiger partial charge in [-0.15, -0.1) is 0 Å². The number of esters is 2. The summed E-state index contributed by atoms with van der Waals surface area (Å²) in [6.07, 6.45) is 1.23. The molecule has 10 nitrogen and oxygen atoms in total. The van der Waals surface area contributed by atoms with Crippen LogP contribution in [0.4, 0.5) is 17.3 Å². The molecule has 1 fully saturated rings. The highest BCUT2D eigenvalue weighted by atomic mass is 16.5. The zero-order valence-electron chi connectivity index (χ0n) is 18.5. The summed E-state index contributed by atoms with van der Waals surface area (Å²) < 4.78 is 9.73. The Kier molecular flexibility index (Phi) is 7.72. The molecule has 10 heteroatoms. The molecular weight excluding hydrogens is 414 g/mol. The summed E-state index contributed by atoms with van der Waals surface area (Å²) in [4.78, 5) is 48.7. The van der Waals surface area contributed by atoms with Crippen LogP contribution in [-0.4, -0.2) is 79.0 Å². The minimum absolute atomic E-state index is 0.0834. The van der Waals surface area contributed by atoms with Gasteiger partial charge in [-0.25, -0.2) is 14.8 Å². The molecule has 0 aliphatic carbocycles. The minimum Gasteiger partial charge on any atom is -0.462 e. The lowest BCUT2D eigenvalue weighted by molar-refractivity contribution is -0.139. The minimum atomic E-state index is -0.721. The van der Waals surface area contributed by atoms with Crippen molar-refractivity contribution in [2.45, 2.75) is 13.8 Å². The molecular formula is C22H27N5O5. The third-order valence-electron chi connectivity index (χ3n) is 4.95. The molecule has 1 aromatic heterocycles. The summed E-state index contributed by atoms with van der Waals surface area (Å²) in [6.45, 7) is 6.42. The maximum atomic E-state index is 12.5. The van der Waals surface area contributed by atoms with Gasteiger partial charge in [0.1, 0.15) is 11.3 Å². The molecule has 1 N–H and O–H groups in total. The molecule has 0 bridgehead atoms. The maximum absolute atomic E-state index is 12.5. The zero-order chi connectivity index (χ0) is 23.1. The Morgan fingerprint density at radius 1 is 1.06 bits per heavy atom. The van der Waals surface area contributed by atoms with Crippen molar-refractivity contribution in [3.8, 4) is 0 Å². The van der Waals surface area contributed by atoms with Crippen molar-refractivity contribution in [3.63, 3.8) is 0 Å². The van der Waals surface area contributed by atoms with Gasteiger partial charge in [0.2, 0.25) is 11.7 Å². The van der Waals surface area contributed by atoms with E-state index in [9.17, 15) is 14.4 Å². The number of ether oxygens (including phenoxy) is 2. The van der Waals surface area contributed by atoms with Gasteiger partial charge in [-0.05, 0) is 38.2 Å². The SMILES string of the molecule is CCOC(=O)c1cnc(Nc2ccc(N3CCN(C)CC3)cc2)nc1C(=O)COC(C)=O. The number of ketones is 1. The standard InChI is InChI=1S/C22H27N5O5/c1-4-31-21(30)18-13-23-22(25-20(18)19(29)14-32-15(2)28)24-16-5-7-17(8-6-16)27-11-9-26(3)10-12-27/h5-8,13H,4,9-12,14H2,1-3H3,(H,23,24,25). The van der Waals surface area contributed by atoms with E-state index in [1.165, 1.54) is 13.1 Å². The van der Waals surface area contributed by atoms with Crippen LogP contribution >= 0.6 is 0 Å². The fourth-order valence-electron chi connectivity index (χ4n) is 3.20. The Morgan fingerprint density at radius 3 is 2.38 bits per heavy atom. The molecule has 170 valence electrons. The van der Waals surface area contributed by atoms with Gasteiger partial charge in [-0.2, -0.15) is 0 Å². The molecule has 1 aliphatic heterocycles. The van der Waals surface area contributed by atoms with E-state index in [1.54, 1.807) is 6.92 Å². The molecule has 1 aliphatic rings. The van der Waals surface area contributed by atoms with E-state index in [1.807, 2.05) is 24.3 Å². The van der Waals surface area contributed by atoms with Crippen LogP contribution in [-0.2, 0) is 14.3 Å². The second kappa shape index (κ2) is 10.7. The lowest BCUT2D eigenvalue weighted by atomic mass is 10.1. The van der Waals surface area contributed by atoms with Crippen LogP contribution in [0.15, 0.2) is 30.5 Å². The van der Waals surface area contributed by atoms with Crippen molar-refractivity contribution >= 4 is 35.0 Å². The first kappa shape index (κ1) is 23.1. The van der Waals surface area contributed by atoms with Crippen molar-refractivity contribution in [2.24, 2.45) is 0 Å². The molecule has 0 amide bonds. The highest BCUT2D eigenvalue weighted by Crippen LogP contribution is 2.21. The van der Waals surface area contributed by atoms with E-state index in [2.05, 4.69) is 32.1 Å². The smallest absolute Gasteiger partial charge is 0.342 e. The number of rotatable bonds is 8. The first-order chi connectivity index (χ1) is 15.4. The van der Waals surface area contributed by atoms with E-state index in [0.29, 0.717) is 0 Å². The molecule has 1 aromatic carbocycles. The molecule has 2 heterocycles. The van der Waals surface area contributed by atoms with Crippen molar-refractivity contribution in [1.82, 2.24) is 14.9 Å². The van der Waals surface area contributed by atoms with Gasteiger partial charge < -0.3 is 24.6 Å². The van der Waals surface area contributed by atoms with Crippen LogP contribution in [0.25, 0.3) is 0 Å². The van der Waals surface area contributed by atoms with E-state index in [-0.39, 0.29) is 23.8 Å². The average Bonchev–Trinajstić information content (AvgIpc) is 2.78. The summed E-state index contributed by atoms with van der Waals surface area (Å²) >= 11 is 0. The van der Waals surface area contributed by atoms with E-state index >= 15 is 0 Å². The van der Waals surface area contributed by atoms with Crippen LogP contribution in [0.1, 0.15) is 34.7 Å². The molecule has 32 heavy (non-hydrogen) atoms. The number of hydrogen-bond donors (Lipinski definition) is 1. The lowest BCUT2D eigenvalue weighted by Gasteiger charge is -2.34. The second-order valence-corrected chi connectivity index (χ2v) is 7.34. The van der Waals surface area contributed by atoms with Gasteiger partial charge >= 0.3 is 11.9 Å². The van der Waals surface area contributed by atoms with Crippen LogP contribution in [0.3, 0.4) is 0 Å². The topological polar surface area (TPSA) is 114 Å². The highest BCUT2D eigenvalue weighted by Gasteiger charge is 2.22. The van der Waals surface area contributed by atoms with Crippen LogP contribution in [0.5, 0.6) is 0 Å². The molecule has 0 radical (unpaired) electrons. The van der Waals surface area contributed by atoms with Crippen LogP contribution in [0, 0.1) is 0 Å². The normalized spacial score (nSPS) is 14.0. The van der Waals surface area contributed by atoms with Crippen molar-refractivity contribution < 1.29 is 23.9 Å². The van der Waals surface area contributed by atoms with Gasteiger partial charge in [0, 0.05) is 50.7 Å². The molecule has 0 saturated carbocycles. The number of piperazine rings is 1. The number of likely N-dealkylation sites (N-methyl/N-ethyl adjacent to an activating group) is 1. The van der Waals surface area contributed by atoms with Gasteiger partial charge in [0.05, 0.1) is 6.61 Å². The highest BCUT2D eigenvalue weighted by molar-refractivity contribution is 6.05. The first-order valence-electron chi connectivity index (χ1n) is 10.4. The van der Waals surface area contributed by atoms with E-state index in [4.69, 9.17) is 9.47 Å². The number of aromatic nitrogens is 2. The number of carbonyl (C=O) groups excluding carboxylic acids is 3. The quantitative estimate of drug-likeness (QED) is 0.481. The number of anilines is 3. The second-order valence-electron chi connectivity index (χ2n) is 7.34. The summed E-state index contributed by atoms with van der Waals surface area (Å²) in [7, 11) is 2.11. The summed E-state index contributed by atoms with van der Waals surface area (Å²) in [5.41, 5.74) is 1.60. The molecule has 0 unspecified atom stereocenters. The van der Waals surface area contributed by atoms with Gasteiger partial charge in [-0.3, -0.25) is 9.59 Å². The number of nitrogens with one attached hydrogen (secondary N) is 1. The van der Waals surface area contributed by atoms with Crippen molar-refractivity contribution in [1.29, 1.82) is 0 Å². The van der Waals surface area contributed by atoms with Crippen molar-refractivity contribution in [3.05, 3.63) is 41.7 Å². The number of hydrogen-bond acceptors (Lipinski definition) is 10. The monoisotopic (exact) mass is 441 g/mol. The predicted octanol–water partition coefficient (Wildman–Crippen LogP) is 1.89. The molecule has 2 aromatic rings. The van der Waals surface area contributed by atoms with Gasteiger partial charge in [0.15, 0.2) is 6.61 Å². The lowest BCUT2D eigenvalue weighted by Crippen LogP contribution is -2.44. The third-order valence-corrected chi connectivity index (χ3v) is 4.95. The Labute approximate surface area is 186 Å². The van der Waals surface area contributed by atoms with Gasteiger partial charge in [0.25, 0.3) is 0 Å². The predicted molar refractivity (Wildman–Crippen MR) is 118 cm³/mol. The Morgan fingerprint density at radius 2 is 1.75 bits per heavy atom. The number of nitrogens with zero attached hydrogens (tertiary/aromatic N) is 4. The molecule has 0 atom stereocenters. The Balaban J connectivity index is 1.77. The van der Waals surface area contributed by atoms with Gasteiger partial charge in [-0.1, -0.05) is 0 Å². The largest absolute Gasteiger partial charge is 0.462 e. The number of Topliss-reactive ketones (excluding diaryl/α,β-unsaturated/α-hetero) is 1. The zero-order valence-corrected chi connectivity index (χ0v) is 18.5. The Hall–Kier alpha value is -3.53. The average molecular weight is 441 g/mol. The first-order valence-corrected chi connectivity index (χ1v) is 10.4. The molecule has 3 rings (SSSR count). The maximum Gasteiger partial charge on any atom is 0.342 e. The summed E-state index contributed by atoms with van der Waals surface area (Å²) in [5, 5.41) is 3.04. The van der Waals surface area contributed by atoms with E-state index in [0.717, 1.165) is 37.6 Å². The Bertz CT molecular complexity index is 971. The fraction of sp³-hybridized carbons (Fsp3) is 0.409. The number of carbonyl (C=O) groups is 3. The van der Waals surface area contributed by atoms with Crippen LogP contribution in [0.2, 0.25) is 0 Å². The summed E-state index contributed by atoms with van der Waals surface area (Å²) in [5.74, 6) is -1.82.